The molecule has 1 saturated heterocycles. The average Bonchev–Trinajstić information content (AvgIpc) is 3.44. The smallest absolute Gasteiger partial charge is 0.319 e. The number of pyridine rings is 1. The molecule has 10 nitrogen and oxygen atoms in total. The Morgan fingerprint density at radius 2 is 2.03 bits per heavy atom. The number of rotatable bonds is 4. The second-order valence-corrected chi connectivity index (χ2v) is 6.95. The number of imide groups is 1. The van der Waals surface area contributed by atoms with E-state index in [0.717, 1.165) is 5.65 Å². The van der Waals surface area contributed by atoms with E-state index in [1.165, 1.54) is 15.9 Å². The van der Waals surface area contributed by atoms with E-state index in [4.69, 9.17) is 0 Å². The number of carbonyl (C=O) groups is 2. The van der Waals surface area contributed by atoms with Gasteiger partial charge in [0.25, 0.3) is 5.91 Å². The predicted molar refractivity (Wildman–Crippen MR) is 101 cm³/mol. The summed E-state index contributed by atoms with van der Waals surface area (Å²) in [5, 5.41) is 13.9. The van der Waals surface area contributed by atoms with Crippen LogP contribution in [-0.2, 0) is 16.9 Å². The van der Waals surface area contributed by atoms with Gasteiger partial charge in [0, 0.05) is 12.4 Å². The van der Waals surface area contributed by atoms with Gasteiger partial charge in [-0.2, -0.15) is 0 Å². The quantitative estimate of drug-likeness (QED) is 0.527. The predicted octanol–water partition coefficient (Wildman–Crippen LogP) is 1.28. The lowest BCUT2D eigenvalue weighted by molar-refractivity contribution is -0.131. The summed E-state index contributed by atoms with van der Waals surface area (Å²) in [6.45, 7) is 1.78. The van der Waals surface area contributed by atoms with Gasteiger partial charge < -0.3 is 9.72 Å². The second-order valence-electron chi connectivity index (χ2n) is 6.95. The molecule has 0 aliphatic carbocycles. The molecule has 0 bridgehead atoms. The number of fused-ring (bicyclic) bond motifs is 1. The van der Waals surface area contributed by atoms with Gasteiger partial charge in [0.2, 0.25) is 0 Å². The highest BCUT2D eigenvalue weighted by Crippen LogP contribution is 2.30. The Balaban J connectivity index is 1.45. The number of nitrogens with one attached hydrogen (secondary N) is 1. The Hall–Kier alpha value is -4.08. The van der Waals surface area contributed by atoms with Crippen LogP contribution < -0.4 is 5.32 Å². The molecule has 1 aliphatic rings. The van der Waals surface area contributed by atoms with E-state index in [2.05, 4.69) is 25.8 Å². The first-order valence-electron chi connectivity index (χ1n) is 8.95. The average molecular weight is 388 g/mol. The van der Waals surface area contributed by atoms with Gasteiger partial charge in [-0.15, -0.1) is 5.10 Å². The number of nitrogens with zero attached hydrogens (tertiary/aromatic N) is 7. The van der Waals surface area contributed by atoms with Crippen LogP contribution in [0.5, 0.6) is 0 Å². The normalized spacial score (nSPS) is 19.1. The minimum atomic E-state index is -1.19. The molecule has 3 aromatic heterocycles. The van der Waals surface area contributed by atoms with E-state index in [-0.39, 0.29) is 12.5 Å². The fourth-order valence-corrected chi connectivity index (χ4v) is 3.50. The Morgan fingerprint density at radius 1 is 1.14 bits per heavy atom. The molecule has 1 aromatic carbocycles. The van der Waals surface area contributed by atoms with Gasteiger partial charge in [-0.25, -0.2) is 14.5 Å². The third-order valence-corrected chi connectivity index (χ3v) is 5.05. The van der Waals surface area contributed by atoms with Crippen LogP contribution in [0.2, 0.25) is 0 Å². The molecule has 1 aliphatic heterocycles. The molecule has 0 spiro atoms. The number of tetrazole rings is 1. The molecule has 0 radical (unpaired) electrons. The SMILES string of the molecule is C[C@]1(c2cccc(-n3cnnn3)c2)NC(=O)N(Cc2cn3ccccc3n2)C1=O. The first-order valence-corrected chi connectivity index (χ1v) is 8.95. The molecular formula is C19H16N8O2. The highest BCUT2D eigenvalue weighted by molar-refractivity contribution is 6.07. The van der Waals surface area contributed by atoms with E-state index in [9.17, 15) is 9.59 Å². The van der Waals surface area contributed by atoms with Crippen molar-refractivity contribution in [1.29, 1.82) is 0 Å². The zero-order chi connectivity index (χ0) is 20.0. The number of aromatic nitrogens is 6. The zero-order valence-electron chi connectivity index (χ0n) is 15.4. The van der Waals surface area contributed by atoms with Crippen molar-refractivity contribution >= 4 is 17.6 Å². The van der Waals surface area contributed by atoms with Crippen LogP contribution in [0.1, 0.15) is 18.2 Å². The number of hydrogen-bond acceptors (Lipinski definition) is 6. The monoisotopic (exact) mass is 388 g/mol. The van der Waals surface area contributed by atoms with Crippen molar-refractivity contribution in [2.75, 3.05) is 0 Å². The summed E-state index contributed by atoms with van der Waals surface area (Å²) in [7, 11) is 0. The van der Waals surface area contributed by atoms with Crippen LogP contribution in [0.25, 0.3) is 11.3 Å². The van der Waals surface area contributed by atoms with Gasteiger partial charge in [0.1, 0.15) is 17.5 Å². The Bertz CT molecular complexity index is 1200. The van der Waals surface area contributed by atoms with Crippen LogP contribution in [0.3, 0.4) is 0 Å². The van der Waals surface area contributed by atoms with Gasteiger partial charge >= 0.3 is 6.03 Å². The van der Waals surface area contributed by atoms with Gasteiger partial charge in [0.05, 0.1) is 17.9 Å². The highest BCUT2D eigenvalue weighted by atomic mass is 16.2. The maximum atomic E-state index is 13.2. The number of amides is 3. The molecule has 1 fully saturated rings. The summed E-state index contributed by atoms with van der Waals surface area (Å²) >= 11 is 0. The molecule has 4 aromatic rings. The Labute approximate surface area is 164 Å². The van der Waals surface area contributed by atoms with Gasteiger partial charge in [-0.1, -0.05) is 18.2 Å². The van der Waals surface area contributed by atoms with Crippen LogP contribution >= 0.6 is 0 Å². The van der Waals surface area contributed by atoms with E-state index >= 15 is 0 Å². The standard InChI is InChI=1S/C19H16N8O2/c1-19(13-5-4-6-15(9-13)27-12-20-23-24-27)17(28)26(18(29)22-19)11-14-10-25-8-3-2-7-16(25)21-14/h2-10,12H,11H2,1H3,(H,22,29)/t19-/m1/s1. The zero-order valence-corrected chi connectivity index (χ0v) is 15.4. The van der Waals surface area contributed by atoms with Crippen molar-refractivity contribution in [3.8, 4) is 5.69 Å². The number of carbonyl (C=O) groups excluding carboxylic acids is 2. The Kier molecular flexibility index (Phi) is 3.66. The molecule has 1 atom stereocenters. The number of imidazole rings is 1. The summed E-state index contributed by atoms with van der Waals surface area (Å²) in [5.74, 6) is -0.339. The van der Waals surface area contributed by atoms with Crippen molar-refractivity contribution < 1.29 is 9.59 Å². The first-order chi connectivity index (χ1) is 14.0. The maximum Gasteiger partial charge on any atom is 0.325 e. The third-order valence-electron chi connectivity index (χ3n) is 5.05. The molecule has 5 rings (SSSR count). The summed E-state index contributed by atoms with van der Waals surface area (Å²) in [6.07, 6.45) is 5.14. The topological polar surface area (TPSA) is 110 Å². The van der Waals surface area contributed by atoms with Crippen molar-refractivity contribution in [2.45, 2.75) is 19.0 Å². The van der Waals surface area contributed by atoms with Gasteiger partial charge in [-0.3, -0.25) is 9.69 Å². The van der Waals surface area contributed by atoms with Crippen molar-refractivity contribution in [2.24, 2.45) is 0 Å². The molecule has 0 saturated carbocycles. The number of hydrogen-bond donors (Lipinski definition) is 1. The third kappa shape index (κ3) is 2.73. The lowest BCUT2D eigenvalue weighted by Crippen LogP contribution is -2.40. The lowest BCUT2D eigenvalue weighted by Gasteiger charge is -2.22. The Morgan fingerprint density at radius 3 is 2.83 bits per heavy atom. The summed E-state index contributed by atoms with van der Waals surface area (Å²) in [6, 6.07) is 12.4. The van der Waals surface area contributed by atoms with Gasteiger partial charge in [-0.05, 0) is 47.2 Å². The maximum absolute atomic E-state index is 13.2. The van der Waals surface area contributed by atoms with Crippen LogP contribution in [0.15, 0.2) is 61.2 Å². The summed E-state index contributed by atoms with van der Waals surface area (Å²) in [4.78, 5) is 31.5. The van der Waals surface area contributed by atoms with Gasteiger partial charge in [0.15, 0.2) is 0 Å². The summed E-state index contributed by atoms with van der Waals surface area (Å²) in [5.41, 5.74) is 1.52. The lowest BCUT2D eigenvalue weighted by atomic mass is 9.91. The molecule has 3 amide bonds. The summed E-state index contributed by atoms with van der Waals surface area (Å²) < 4.78 is 3.34. The van der Waals surface area contributed by atoms with E-state index in [1.807, 2.05) is 41.1 Å². The number of urea groups is 1. The van der Waals surface area contributed by atoms with E-state index in [1.54, 1.807) is 25.1 Å². The fourth-order valence-electron chi connectivity index (χ4n) is 3.50. The van der Waals surface area contributed by atoms with Crippen LogP contribution in [0, 0.1) is 0 Å². The van der Waals surface area contributed by atoms with E-state index in [0.29, 0.717) is 16.9 Å². The second kappa shape index (κ2) is 6.23. The van der Waals surface area contributed by atoms with Crippen LogP contribution in [0.4, 0.5) is 4.79 Å². The molecule has 0 unspecified atom stereocenters. The highest BCUT2D eigenvalue weighted by Gasteiger charge is 2.49. The molecular weight excluding hydrogens is 372 g/mol. The minimum absolute atomic E-state index is 0.0919. The molecule has 1 N–H and O–H groups in total. The van der Waals surface area contributed by atoms with Crippen molar-refractivity contribution in [3.63, 3.8) is 0 Å². The van der Waals surface area contributed by atoms with Crippen molar-refractivity contribution in [3.05, 3.63) is 72.4 Å². The fraction of sp³-hybridized carbons (Fsp3) is 0.158. The van der Waals surface area contributed by atoms with E-state index < -0.39 is 11.6 Å². The van der Waals surface area contributed by atoms with Crippen LogP contribution in [-0.4, -0.2) is 46.4 Å². The molecule has 10 heteroatoms. The van der Waals surface area contributed by atoms with Crippen molar-refractivity contribution in [1.82, 2.24) is 39.8 Å². The largest absolute Gasteiger partial charge is 0.325 e. The minimum Gasteiger partial charge on any atom is -0.319 e. The molecule has 144 valence electrons. The first kappa shape index (κ1) is 17.0. The number of benzene rings is 1. The molecule has 4 heterocycles. The molecule has 29 heavy (non-hydrogen) atoms.